The smallest absolute Gasteiger partial charge is 0.123 e. The zero-order valence-corrected chi connectivity index (χ0v) is 9.37. The SMILES string of the molecule is Cc1nn(C)cc1-c1ccc(F)cc1CN. The highest BCUT2D eigenvalue weighted by molar-refractivity contribution is 5.68. The minimum absolute atomic E-state index is 0.259. The van der Waals surface area contributed by atoms with Crippen LogP contribution in [0.3, 0.4) is 0 Å². The first-order chi connectivity index (χ1) is 7.61. The molecular formula is C12H14FN3. The first kappa shape index (κ1) is 10.8. The maximum atomic E-state index is 13.1. The van der Waals surface area contributed by atoms with Gasteiger partial charge < -0.3 is 5.73 Å². The third kappa shape index (κ3) is 1.84. The molecule has 1 heterocycles. The molecule has 2 aromatic rings. The van der Waals surface area contributed by atoms with E-state index in [-0.39, 0.29) is 5.82 Å². The Hall–Kier alpha value is -1.68. The number of nitrogens with two attached hydrogens (primary N) is 1. The predicted octanol–water partition coefficient (Wildman–Crippen LogP) is 1.99. The van der Waals surface area contributed by atoms with E-state index in [2.05, 4.69) is 5.10 Å². The summed E-state index contributed by atoms with van der Waals surface area (Å²) in [5.74, 6) is -0.259. The number of rotatable bonds is 2. The molecule has 2 N–H and O–H groups in total. The van der Waals surface area contributed by atoms with Gasteiger partial charge in [-0.05, 0) is 30.2 Å². The molecule has 0 aliphatic rings. The van der Waals surface area contributed by atoms with Gasteiger partial charge in [0.15, 0.2) is 0 Å². The van der Waals surface area contributed by atoms with E-state index in [1.165, 1.54) is 12.1 Å². The van der Waals surface area contributed by atoms with Gasteiger partial charge in [0.25, 0.3) is 0 Å². The van der Waals surface area contributed by atoms with Crippen LogP contribution in [0.2, 0.25) is 0 Å². The average Bonchev–Trinajstić information content (AvgIpc) is 2.57. The van der Waals surface area contributed by atoms with Crippen molar-refractivity contribution in [2.24, 2.45) is 12.8 Å². The molecule has 0 aliphatic heterocycles. The molecule has 0 radical (unpaired) electrons. The zero-order valence-electron chi connectivity index (χ0n) is 9.37. The highest BCUT2D eigenvalue weighted by Gasteiger charge is 2.10. The van der Waals surface area contributed by atoms with Crippen molar-refractivity contribution in [1.82, 2.24) is 9.78 Å². The van der Waals surface area contributed by atoms with Gasteiger partial charge in [0.05, 0.1) is 5.69 Å². The molecule has 84 valence electrons. The first-order valence-corrected chi connectivity index (χ1v) is 5.11. The topological polar surface area (TPSA) is 43.8 Å². The Morgan fingerprint density at radius 1 is 1.38 bits per heavy atom. The van der Waals surface area contributed by atoms with Crippen molar-refractivity contribution in [3.8, 4) is 11.1 Å². The lowest BCUT2D eigenvalue weighted by Gasteiger charge is -2.06. The molecule has 0 saturated heterocycles. The fourth-order valence-corrected chi connectivity index (χ4v) is 1.86. The monoisotopic (exact) mass is 219 g/mol. The van der Waals surface area contributed by atoms with E-state index in [0.29, 0.717) is 6.54 Å². The van der Waals surface area contributed by atoms with Crippen LogP contribution in [-0.2, 0) is 13.6 Å². The lowest BCUT2D eigenvalue weighted by Crippen LogP contribution is -1.99. The summed E-state index contributed by atoms with van der Waals surface area (Å²) in [7, 11) is 1.86. The number of halogens is 1. The Bertz CT molecular complexity index is 517. The van der Waals surface area contributed by atoms with Crippen molar-refractivity contribution in [2.45, 2.75) is 13.5 Å². The maximum Gasteiger partial charge on any atom is 0.123 e. The van der Waals surface area contributed by atoms with Crippen molar-refractivity contribution in [2.75, 3.05) is 0 Å². The summed E-state index contributed by atoms with van der Waals surface area (Å²) in [6, 6.07) is 4.67. The van der Waals surface area contributed by atoms with Crippen LogP contribution in [0.1, 0.15) is 11.3 Å². The molecule has 0 spiro atoms. The summed E-state index contributed by atoms with van der Waals surface area (Å²) in [6.07, 6.45) is 1.92. The van der Waals surface area contributed by atoms with Gasteiger partial charge in [-0.25, -0.2) is 4.39 Å². The predicted molar refractivity (Wildman–Crippen MR) is 61.2 cm³/mol. The fourth-order valence-electron chi connectivity index (χ4n) is 1.86. The summed E-state index contributed by atoms with van der Waals surface area (Å²) in [6.45, 7) is 2.25. The number of nitrogens with zero attached hydrogens (tertiary/aromatic N) is 2. The van der Waals surface area contributed by atoms with Gasteiger partial charge in [-0.3, -0.25) is 4.68 Å². The summed E-state index contributed by atoms with van der Waals surface area (Å²) in [5.41, 5.74) is 9.30. The van der Waals surface area contributed by atoms with Crippen molar-refractivity contribution in [3.05, 3.63) is 41.5 Å². The maximum absolute atomic E-state index is 13.1. The second kappa shape index (κ2) is 4.06. The summed E-state index contributed by atoms with van der Waals surface area (Å²) < 4.78 is 14.8. The Morgan fingerprint density at radius 2 is 2.12 bits per heavy atom. The summed E-state index contributed by atoms with van der Waals surface area (Å²) in [5, 5.41) is 4.27. The van der Waals surface area contributed by atoms with Crippen molar-refractivity contribution in [1.29, 1.82) is 0 Å². The summed E-state index contributed by atoms with van der Waals surface area (Å²) >= 11 is 0. The van der Waals surface area contributed by atoms with Crippen LogP contribution in [0.4, 0.5) is 4.39 Å². The van der Waals surface area contributed by atoms with Crippen molar-refractivity contribution in [3.63, 3.8) is 0 Å². The normalized spacial score (nSPS) is 10.8. The molecule has 0 bridgehead atoms. The van der Waals surface area contributed by atoms with E-state index in [1.807, 2.05) is 20.2 Å². The van der Waals surface area contributed by atoms with Crippen molar-refractivity contribution >= 4 is 0 Å². The Morgan fingerprint density at radius 3 is 2.69 bits per heavy atom. The van der Waals surface area contributed by atoms with Crippen LogP contribution in [0.5, 0.6) is 0 Å². The Balaban J connectivity index is 2.59. The Kier molecular flexibility index (Phi) is 2.75. The summed E-state index contributed by atoms with van der Waals surface area (Å²) in [4.78, 5) is 0. The number of aryl methyl sites for hydroxylation is 2. The molecule has 1 aromatic carbocycles. The molecule has 3 nitrogen and oxygen atoms in total. The third-order valence-electron chi connectivity index (χ3n) is 2.59. The molecule has 4 heteroatoms. The van der Waals surface area contributed by atoms with Gasteiger partial charge in [0.1, 0.15) is 5.82 Å². The second-order valence-corrected chi connectivity index (χ2v) is 3.81. The van der Waals surface area contributed by atoms with Gasteiger partial charge in [-0.2, -0.15) is 5.10 Å². The molecule has 0 atom stereocenters. The highest BCUT2D eigenvalue weighted by atomic mass is 19.1. The fraction of sp³-hybridized carbons (Fsp3) is 0.250. The average molecular weight is 219 g/mol. The zero-order chi connectivity index (χ0) is 11.7. The third-order valence-corrected chi connectivity index (χ3v) is 2.59. The number of aromatic nitrogens is 2. The molecule has 0 fully saturated rings. The highest BCUT2D eigenvalue weighted by Crippen LogP contribution is 2.26. The van der Waals surface area contributed by atoms with E-state index in [4.69, 9.17) is 5.73 Å². The lowest BCUT2D eigenvalue weighted by atomic mass is 10.0. The molecule has 0 saturated carbocycles. The second-order valence-electron chi connectivity index (χ2n) is 3.81. The van der Waals surface area contributed by atoms with E-state index in [9.17, 15) is 4.39 Å². The molecule has 1 aromatic heterocycles. The van der Waals surface area contributed by atoms with Crippen molar-refractivity contribution < 1.29 is 4.39 Å². The Labute approximate surface area is 93.7 Å². The standard InChI is InChI=1S/C12H14FN3/c1-8-12(7-16(2)15-8)11-4-3-10(13)5-9(11)6-14/h3-5,7H,6,14H2,1-2H3. The molecule has 2 rings (SSSR count). The largest absolute Gasteiger partial charge is 0.326 e. The number of hydrogen-bond donors (Lipinski definition) is 1. The lowest BCUT2D eigenvalue weighted by molar-refractivity contribution is 0.625. The molecule has 0 unspecified atom stereocenters. The van der Waals surface area contributed by atoms with Gasteiger partial charge in [-0.1, -0.05) is 6.07 Å². The van der Waals surface area contributed by atoms with Gasteiger partial charge in [0, 0.05) is 25.4 Å². The molecule has 0 aliphatic carbocycles. The van der Waals surface area contributed by atoms with Crippen LogP contribution in [0, 0.1) is 12.7 Å². The molecule has 16 heavy (non-hydrogen) atoms. The van der Waals surface area contributed by atoms with Crippen LogP contribution in [0.15, 0.2) is 24.4 Å². The van der Waals surface area contributed by atoms with Crippen LogP contribution in [0.25, 0.3) is 11.1 Å². The quantitative estimate of drug-likeness (QED) is 0.839. The van der Waals surface area contributed by atoms with E-state index >= 15 is 0 Å². The van der Waals surface area contributed by atoms with Crippen LogP contribution >= 0.6 is 0 Å². The molecular weight excluding hydrogens is 205 g/mol. The van der Waals surface area contributed by atoms with Gasteiger partial charge >= 0.3 is 0 Å². The van der Waals surface area contributed by atoms with Crippen LogP contribution < -0.4 is 5.73 Å². The van der Waals surface area contributed by atoms with E-state index < -0.39 is 0 Å². The van der Waals surface area contributed by atoms with Gasteiger partial charge in [0.2, 0.25) is 0 Å². The first-order valence-electron chi connectivity index (χ1n) is 5.11. The van der Waals surface area contributed by atoms with Crippen LogP contribution in [-0.4, -0.2) is 9.78 Å². The molecule has 0 amide bonds. The number of hydrogen-bond acceptors (Lipinski definition) is 2. The number of benzene rings is 1. The van der Waals surface area contributed by atoms with E-state index in [0.717, 1.165) is 22.4 Å². The minimum Gasteiger partial charge on any atom is -0.326 e. The van der Waals surface area contributed by atoms with Gasteiger partial charge in [-0.15, -0.1) is 0 Å². The van der Waals surface area contributed by atoms with E-state index in [1.54, 1.807) is 10.7 Å². The minimum atomic E-state index is -0.259.